The van der Waals surface area contributed by atoms with Crippen LogP contribution in [0, 0.1) is 0 Å². The van der Waals surface area contributed by atoms with Crippen LogP contribution >= 0.6 is 21.6 Å². The van der Waals surface area contributed by atoms with Crippen LogP contribution in [0.15, 0.2) is 48.9 Å². The maximum Gasteiger partial charge on any atom is 0.417 e. The topological polar surface area (TPSA) is 104 Å². The second kappa shape index (κ2) is 11.3. The Bertz CT molecular complexity index is 1610. The van der Waals surface area contributed by atoms with E-state index in [1.165, 1.54) is 11.0 Å². The number of nitrogens with zero attached hydrogens (tertiary/aromatic N) is 6. The highest BCUT2D eigenvalue weighted by atomic mass is 35.5. The van der Waals surface area contributed by atoms with E-state index in [9.17, 15) is 18.0 Å². The Morgan fingerprint density at radius 3 is 2.57 bits per heavy atom. The number of hydrogen-bond donors (Lipinski definition) is 1. The molecule has 9 nitrogen and oxygen atoms in total. The van der Waals surface area contributed by atoms with E-state index < -0.39 is 32.7 Å². The second-order valence-corrected chi connectivity index (χ2v) is 16.0. The first-order chi connectivity index (χ1) is 19.7. The van der Waals surface area contributed by atoms with Gasteiger partial charge in [-0.3, -0.25) is 9.48 Å². The molecule has 1 unspecified atom stereocenters. The van der Waals surface area contributed by atoms with Crippen LogP contribution < -0.4 is 10.6 Å². The number of fused-ring (bicyclic) bond motifs is 1. The number of carbonyl (C=O) groups is 1. The quantitative estimate of drug-likeness (QED) is 0.244. The van der Waals surface area contributed by atoms with E-state index in [0.29, 0.717) is 35.1 Å². The first kappa shape index (κ1) is 29.9. The molecule has 0 spiro atoms. The minimum atomic E-state index is -4.60. The van der Waals surface area contributed by atoms with Gasteiger partial charge in [0, 0.05) is 35.9 Å². The van der Waals surface area contributed by atoms with Crippen molar-refractivity contribution in [2.24, 2.45) is 0 Å². The molecular weight excluding hydrogens is 591 g/mol. The van der Waals surface area contributed by atoms with Gasteiger partial charge in [-0.1, -0.05) is 11.6 Å². The highest BCUT2D eigenvalue weighted by Gasteiger charge is 2.37. The fourth-order valence-corrected chi connectivity index (χ4v) is 5.56. The van der Waals surface area contributed by atoms with Crippen LogP contribution in [-0.4, -0.2) is 67.9 Å². The number of aromatic nitrogens is 5. The summed E-state index contributed by atoms with van der Waals surface area (Å²) in [6, 6.07) is 6.52. The van der Waals surface area contributed by atoms with Gasteiger partial charge in [-0.2, -0.15) is 18.3 Å². The van der Waals surface area contributed by atoms with Crippen molar-refractivity contribution >= 4 is 39.0 Å². The Balaban J connectivity index is 1.51. The molecule has 42 heavy (non-hydrogen) atoms. The lowest BCUT2D eigenvalue weighted by atomic mass is 10.1. The lowest BCUT2D eigenvalue weighted by molar-refractivity contribution is -0.137. The van der Waals surface area contributed by atoms with Gasteiger partial charge in [-0.15, -0.1) is 0 Å². The molecule has 5 rings (SSSR count). The molecule has 0 aliphatic carbocycles. The highest BCUT2D eigenvalue weighted by Crippen LogP contribution is 2.39. The van der Waals surface area contributed by atoms with Gasteiger partial charge in [0.15, 0.2) is 0 Å². The van der Waals surface area contributed by atoms with E-state index in [1.54, 1.807) is 35.4 Å². The number of benzene rings is 1. The van der Waals surface area contributed by atoms with E-state index in [1.807, 2.05) is 11.5 Å². The zero-order chi connectivity index (χ0) is 30.4. The minimum Gasteiger partial charge on any atom is -0.384 e. The van der Waals surface area contributed by atoms with Gasteiger partial charge >= 0.3 is 6.18 Å². The highest BCUT2D eigenvalue weighted by molar-refractivity contribution is 8.32. The Hall–Kier alpha value is -3.55. The Labute approximate surface area is 247 Å². The number of ether oxygens (including phenoxy) is 1. The van der Waals surface area contributed by atoms with Gasteiger partial charge in [0.1, 0.15) is 24.1 Å². The third-order valence-corrected chi connectivity index (χ3v) is 8.55. The Morgan fingerprint density at radius 1 is 1.17 bits per heavy atom. The summed E-state index contributed by atoms with van der Waals surface area (Å²) in [6.07, 6.45) is 7.05. The average molecular weight is 622 g/mol. The summed E-state index contributed by atoms with van der Waals surface area (Å²) in [7, 11) is -0.729. The van der Waals surface area contributed by atoms with Crippen molar-refractivity contribution < 1.29 is 22.7 Å². The van der Waals surface area contributed by atoms with Crippen molar-refractivity contribution in [3.8, 4) is 22.6 Å². The van der Waals surface area contributed by atoms with E-state index in [0.717, 1.165) is 17.9 Å². The molecule has 0 saturated carbocycles. The monoisotopic (exact) mass is 621 g/mol. The second-order valence-electron chi connectivity index (χ2n) is 11.0. The molecule has 3 aromatic heterocycles. The average Bonchev–Trinajstić information content (AvgIpc) is 3.53. The third kappa shape index (κ3) is 6.13. The standard InChI is InChI=1S/C28H31ClF3N7O2S/c1-17-14-38(19-6-7-21(22(29)11-19)28(30,31)32)27(40)25-20(13-35-39(17)25)23-15-37(16-41-9-10-42(2,3)4)26(36-23)18-5-8-24(33)34-12-18/h5-8,11-13,15,17H,9-10,14,16H2,1-4H3,(H2,33,34). The summed E-state index contributed by atoms with van der Waals surface area (Å²) < 4.78 is 49.3. The smallest absolute Gasteiger partial charge is 0.384 e. The zero-order valence-corrected chi connectivity index (χ0v) is 25.1. The van der Waals surface area contributed by atoms with Gasteiger partial charge in [-0.25, -0.2) is 20.0 Å². The Kier molecular flexibility index (Phi) is 8.03. The van der Waals surface area contributed by atoms with Crippen LogP contribution in [0.2, 0.25) is 5.02 Å². The number of hydrogen-bond acceptors (Lipinski definition) is 6. The number of amides is 1. The molecule has 1 aromatic carbocycles. The number of nitrogen functional groups attached to an aromatic ring is 1. The molecule has 1 aliphatic heterocycles. The van der Waals surface area contributed by atoms with Gasteiger partial charge in [0.2, 0.25) is 0 Å². The summed E-state index contributed by atoms with van der Waals surface area (Å²) in [5.41, 5.74) is 7.04. The van der Waals surface area contributed by atoms with Gasteiger partial charge < -0.3 is 19.9 Å². The number of anilines is 2. The van der Waals surface area contributed by atoms with Crippen LogP contribution in [0.4, 0.5) is 24.7 Å². The number of nitrogens with two attached hydrogens (primary N) is 1. The molecule has 0 fully saturated rings. The first-order valence-electron chi connectivity index (χ1n) is 13.0. The molecule has 0 saturated heterocycles. The normalized spacial score (nSPS) is 16.1. The summed E-state index contributed by atoms with van der Waals surface area (Å²) in [6.45, 7) is 2.89. The number of imidazole rings is 1. The van der Waals surface area contributed by atoms with Gasteiger partial charge in [0.05, 0.1) is 40.7 Å². The largest absolute Gasteiger partial charge is 0.417 e. The van der Waals surface area contributed by atoms with Crippen LogP contribution in [-0.2, 0) is 17.6 Å². The SMILES string of the molecule is CC1CN(c2ccc(C(F)(F)F)c(Cl)c2)C(=O)c2c(-c3cn(COCCS(C)(C)C)c(-c4ccc(N)nc4)n3)cnn21. The third-order valence-electron chi connectivity index (χ3n) is 6.84. The lowest BCUT2D eigenvalue weighted by Gasteiger charge is -2.32. The molecule has 0 bridgehead atoms. The maximum absolute atomic E-state index is 13.8. The molecule has 1 atom stereocenters. The number of rotatable bonds is 8. The number of carbonyl (C=O) groups excluding carboxylic acids is 1. The van der Waals surface area contributed by atoms with Gasteiger partial charge in [0.25, 0.3) is 5.91 Å². The maximum atomic E-state index is 13.8. The van der Waals surface area contributed by atoms with Crippen LogP contribution in [0.3, 0.4) is 0 Å². The van der Waals surface area contributed by atoms with E-state index in [2.05, 4.69) is 28.8 Å². The van der Waals surface area contributed by atoms with Crippen LogP contribution in [0.5, 0.6) is 0 Å². The van der Waals surface area contributed by atoms with Crippen molar-refractivity contribution in [1.29, 1.82) is 0 Å². The fraction of sp³-hybridized carbons (Fsp3) is 0.357. The number of alkyl halides is 3. The van der Waals surface area contributed by atoms with Gasteiger partial charge in [-0.05, 0) is 56.0 Å². The van der Waals surface area contributed by atoms with Crippen molar-refractivity contribution in [3.63, 3.8) is 0 Å². The fourth-order valence-electron chi connectivity index (χ4n) is 4.66. The molecule has 1 aliphatic rings. The van der Waals surface area contributed by atoms with Crippen molar-refractivity contribution in [2.45, 2.75) is 25.9 Å². The molecule has 0 radical (unpaired) electrons. The van der Waals surface area contributed by atoms with E-state index in [4.69, 9.17) is 27.1 Å². The minimum absolute atomic E-state index is 0.203. The molecule has 224 valence electrons. The summed E-state index contributed by atoms with van der Waals surface area (Å²) in [4.78, 5) is 24.3. The van der Waals surface area contributed by atoms with E-state index >= 15 is 0 Å². The number of halogens is 4. The predicted molar refractivity (Wildman–Crippen MR) is 160 cm³/mol. The lowest BCUT2D eigenvalue weighted by Crippen LogP contribution is -2.42. The summed E-state index contributed by atoms with van der Waals surface area (Å²) in [5, 5.41) is 3.99. The zero-order valence-electron chi connectivity index (χ0n) is 23.5. The van der Waals surface area contributed by atoms with Crippen molar-refractivity contribution in [3.05, 3.63) is 65.2 Å². The van der Waals surface area contributed by atoms with Crippen molar-refractivity contribution in [1.82, 2.24) is 24.3 Å². The van der Waals surface area contributed by atoms with Crippen molar-refractivity contribution in [2.75, 3.05) is 48.3 Å². The first-order valence-corrected chi connectivity index (χ1v) is 16.4. The van der Waals surface area contributed by atoms with Crippen LogP contribution in [0.1, 0.15) is 29.0 Å². The Morgan fingerprint density at radius 2 is 1.93 bits per heavy atom. The molecule has 4 heterocycles. The molecular formula is C28H31ClF3N7O2S. The summed E-state index contributed by atoms with van der Waals surface area (Å²) in [5.74, 6) is 1.46. The molecule has 4 aromatic rings. The molecule has 2 N–H and O–H groups in total. The number of pyridine rings is 1. The molecule has 14 heteroatoms. The molecule has 1 amide bonds. The van der Waals surface area contributed by atoms with Crippen LogP contribution in [0.25, 0.3) is 22.6 Å². The predicted octanol–water partition coefficient (Wildman–Crippen LogP) is 5.95. The summed E-state index contributed by atoms with van der Waals surface area (Å²) >= 11 is 5.98. The van der Waals surface area contributed by atoms with E-state index in [-0.39, 0.29) is 30.7 Å².